The number of nitrogens with one attached hydrogen (secondary N) is 1. The molecule has 0 amide bonds. The lowest BCUT2D eigenvalue weighted by atomic mass is 10.3. The maximum atomic E-state index is 12.7. The molecular weight excluding hydrogens is 221 g/mol. The van der Waals surface area contributed by atoms with E-state index < -0.39 is 0 Å². The predicted molar refractivity (Wildman–Crippen MR) is 63.7 cm³/mol. The Morgan fingerprint density at radius 3 is 2.65 bits per heavy atom. The lowest BCUT2D eigenvalue weighted by Crippen LogP contribution is -2.35. The summed E-state index contributed by atoms with van der Waals surface area (Å²) in [5.41, 5.74) is 0. The molecule has 0 bridgehead atoms. The van der Waals surface area contributed by atoms with Gasteiger partial charge in [0.25, 0.3) is 0 Å². The van der Waals surface area contributed by atoms with Crippen molar-refractivity contribution in [1.82, 2.24) is 5.32 Å². The summed E-state index contributed by atoms with van der Waals surface area (Å²) in [7, 11) is 1.65. The maximum absolute atomic E-state index is 12.7. The highest BCUT2D eigenvalue weighted by Gasteiger charge is 2.22. The molecule has 0 aromatic heterocycles. The highest BCUT2D eigenvalue weighted by molar-refractivity contribution is 5.22. The highest BCUT2D eigenvalue weighted by atomic mass is 19.1. The molecule has 1 aliphatic carbocycles. The van der Waals surface area contributed by atoms with E-state index in [9.17, 15) is 4.39 Å². The van der Waals surface area contributed by atoms with Crippen LogP contribution in [0.5, 0.6) is 5.75 Å². The third-order valence-electron chi connectivity index (χ3n) is 2.68. The average Bonchev–Trinajstić information content (AvgIpc) is 3.13. The van der Waals surface area contributed by atoms with Gasteiger partial charge >= 0.3 is 0 Å². The molecule has 1 saturated carbocycles. The third-order valence-corrected chi connectivity index (χ3v) is 2.68. The molecule has 4 heteroatoms. The van der Waals surface area contributed by atoms with Crippen LogP contribution in [0.2, 0.25) is 0 Å². The van der Waals surface area contributed by atoms with Crippen molar-refractivity contribution in [2.24, 2.45) is 0 Å². The van der Waals surface area contributed by atoms with Crippen molar-refractivity contribution in [2.75, 3.05) is 20.3 Å². The van der Waals surface area contributed by atoms with Crippen LogP contribution < -0.4 is 10.1 Å². The summed E-state index contributed by atoms with van der Waals surface area (Å²) in [6.45, 7) is 1.28. The largest absolute Gasteiger partial charge is 0.487 e. The fourth-order valence-corrected chi connectivity index (χ4v) is 1.61. The first-order valence-corrected chi connectivity index (χ1v) is 5.92. The minimum atomic E-state index is -0.253. The molecule has 94 valence electrons. The van der Waals surface area contributed by atoms with Crippen LogP contribution in [0.15, 0.2) is 24.3 Å². The SMILES string of the molecule is COCC(CNC1CC1)Oc1ccc(F)cc1. The first-order chi connectivity index (χ1) is 8.28. The Balaban J connectivity index is 1.84. The molecule has 1 aromatic rings. The Kier molecular flexibility index (Phi) is 4.34. The summed E-state index contributed by atoms with van der Waals surface area (Å²) in [5, 5.41) is 3.39. The second-order valence-corrected chi connectivity index (χ2v) is 4.33. The van der Waals surface area contributed by atoms with E-state index in [1.165, 1.54) is 25.0 Å². The lowest BCUT2D eigenvalue weighted by molar-refractivity contribution is 0.0803. The quantitative estimate of drug-likeness (QED) is 0.789. The van der Waals surface area contributed by atoms with Crippen LogP contribution in [0.4, 0.5) is 4.39 Å². The second-order valence-electron chi connectivity index (χ2n) is 4.33. The van der Waals surface area contributed by atoms with Crippen LogP contribution >= 0.6 is 0 Å². The highest BCUT2D eigenvalue weighted by Crippen LogP contribution is 2.19. The number of hydrogen-bond donors (Lipinski definition) is 1. The van der Waals surface area contributed by atoms with Crippen molar-refractivity contribution in [3.05, 3.63) is 30.1 Å². The summed E-state index contributed by atoms with van der Waals surface area (Å²) in [4.78, 5) is 0. The normalized spacial score (nSPS) is 16.8. The smallest absolute Gasteiger partial charge is 0.134 e. The molecule has 0 aliphatic heterocycles. The van der Waals surface area contributed by atoms with E-state index in [-0.39, 0.29) is 11.9 Å². The predicted octanol–water partition coefficient (Wildman–Crippen LogP) is 1.97. The van der Waals surface area contributed by atoms with Crippen LogP contribution in [-0.4, -0.2) is 32.4 Å². The molecule has 0 radical (unpaired) electrons. The molecule has 1 unspecified atom stereocenters. The van der Waals surface area contributed by atoms with Gasteiger partial charge in [-0.25, -0.2) is 4.39 Å². The summed E-state index contributed by atoms with van der Waals surface area (Å²) < 4.78 is 23.6. The number of rotatable bonds is 7. The zero-order valence-corrected chi connectivity index (χ0v) is 9.99. The number of ether oxygens (including phenoxy) is 2. The van der Waals surface area contributed by atoms with Gasteiger partial charge in [0, 0.05) is 19.7 Å². The first kappa shape index (κ1) is 12.3. The zero-order valence-electron chi connectivity index (χ0n) is 9.99. The summed E-state index contributed by atoms with van der Waals surface area (Å²) in [6.07, 6.45) is 2.46. The maximum Gasteiger partial charge on any atom is 0.134 e. The molecular formula is C13H18FNO2. The molecule has 17 heavy (non-hydrogen) atoms. The van der Waals surface area contributed by atoms with Crippen LogP contribution in [-0.2, 0) is 4.74 Å². The Bertz CT molecular complexity index is 338. The number of halogens is 1. The second kappa shape index (κ2) is 5.98. The van der Waals surface area contributed by atoms with E-state index in [1.54, 1.807) is 19.2 Å². The van der Waals surface area contributed by atoms with Crippen LogP contribution in [0.1, 0.15) is 12.8 Å². The third kappa shape index (κ3) is 4.32. The van der Waals surface area contributed by atoms with Crippen molar-refractivity contribution < 1.29 is 13.9 Å². The summed E-state index contributed by atoms with van der Waals surface area (Å²) in [5.74, 6) is 0.419. The van der Waals surface area contributed by atoms with Gasteiger partial charge in [-0.3, -0.25) is 0 Å². The molecule has 1 aromatic carbocycles. The Hall–Kier alpha value is -1.13. The van der Waals surface area contributed by atoms with Gasteiger partial charge in [0.15, 0.2) is 0 Å². The van der Waals surface area contributed by atoms with Gasteiger partial charge in [-0.1, -0.05) is 0 Å². The van der Waals surface area contributed by atoms with E-state index in [0.29, 0.717) is 18.4 Å². The van der Waals surface area contributed by atoms with Gasteiger partial charge in [0.2, 0.25) is 0 Å². The van der Waals surface area contributed by atoms with Crippen molar-refractivity contribution in [1.29, 1.82) is 0 Å². The van der Waals surface area contributed by atoms with Gasteiger partial charge in [-0.2, -0.15) is 0 Å². The van der Waals surface area contributed by atoms with E-state index >= 15 is 0 Å². The molecule has 0 spiro atoms. The van der Waals surface area contributed by atoms with Gasteiger partial charge in [0.1, 0.15) is 17.7 Å². The molecule has 1 atom stereocenters. The molecule has 2 rings (SSSR count). The summed E-state index contributed by atoms with van der Waals surface area (Å²) in [6, 6.07) is 6.71. The van der Waals surface area contributed by atoms with Crippen LogP contribution in [0.3, 0.4) is 0 Å². The number of hydrogen-bond acceptors (Lipinski definition) is 3. The Labute approximate surface area is 101 Å². The molecule has 1 N–H and O–H groups in total. The fraction of sp³-hybridized carbons (Fsp3) is 0.538. The van der Waals surface area contributed by atoms with Crippen molar-refractivity contribution >= 4 is 0 Å². The van der Waals surface area contributed by atoms with Crippen molar-refractivity contribution in [3.63, 3.8) is 0 Å². The molecule has 3 nitrogen and oxygen atoms in total. The van der Waals surface area contributed by atoms with Crippen molar-refractivity contribution in [3.8, 4) is 5.75 Å². The Morgan fingerprint density at radius 1 is 1.35 bits per heavy atom. The summed E-state index contributed by atoms with van der Waals surface area (Å²) >= 11 is 0. The molecule has 0 saturated heterocycles. The average molecular weight is 239 g/mol. The standard InChI is InChI=1S/C13H18FNO2/c1-16-9-13(8-15-11-4-5-11)17-12-6-2-10(14)3-7-12/h2-3,6-7,11,13,15H,4-5,8-9H2,1H3. The van der Waals surface area contributed by atoms with Crippen LogP contribution in [0, 0.1) is 5.82 Å². The topological polar surface area (TPSA) is 30.5 Å². The zero-order chi connectivity index (χ0) is 12.1. The number of methoxy groups -OCH3 is 1. The van der Waals surface area contributed by atoms with E-state index in [4.69, 9.17) is 9.47 Å². The van der Waals surface area contributed by atoms with Gasteiger partial charge in [-0.15, -0.1) is 0 Å². The van der Waals surface area contributed by atoms with Crippen LogP contribution in [0.25, 0.3) is 0 Å². The van der Waals surface area contributed by atoms with E-state index in [1.807, 2.05) is 0 Å². The number of benzene rings is 1. The van der Waals surface area contributed by atoms with Crippen molar-refractivity contribution in [2.45, 2.75) is 25.0 Å². The fourth-order valence-electron chi connectivity index (χ4n) is 1.61. The van der Waals surface area contributed by atoms with Gasteiger partial charge in [-0.05, 0) is 37.1 Å². The first-order valence-electron chi connectivity index (χ1n) is 5.92. The minimum absolute atomic E-state index is 0.0361. The molecule has 1 fully saturated rings. The monoisotopic (exact) mass is 239 g/mol. The molecule has 0 heterocycles. The van der Waals surface area contributed by atoms with Gasteiger partial charge < -0.3 is 14.8 Å². The van der Waals surface area contributed by atoms with E-state index in [0.717, 1.165) is 6.54 Å². The van der Waals surface area contributed by atoms with Gasteiger partial charge in [0.05, 0.1) is 6.61 Å². The van der Waals surface area contributed by atoms with E-state index in [2.05, 4.69) is 5.32 Å². The lowest BCUT2D eigenvalue weighted by Gasteiger charge is -2.19. The minimum Gasteiger partial charge on any atom is -0.487 e. The molecule has 1 aliphatic rings. The Morgan fingerprint density at radius 2 is 2.06 bits per heavy atom.